The van der Waals surface area contributed by atoms with Crippen LogP contribution in [-0.4, -0.2) is 182 Å². The number of aryl methyl sites for hydroxylation is 3. The summed E-state index contributed by atoms with van der Waals surface area (Å²) < 4.78 is 9.29. The summed E-state index contributed by atoms with van der Waals surface area (Å²) in [4.78, 5) is 142. The third-order valence-corrected chi connectivity index (χ3v) is 16.8. The zero-order chi connectivity index (χ0) is 62.5. The van der Waals surface area contributed by atoms with Crippen molar-refractivity contribution in [2.24, 2.45) is 21.1 Å². The molecule has 7 aromatic rings. The zero-order valence-corrected chi connectivity index (χ0v) is 49.2. The van der Waals surface area contributed by atoms with Gasteiger partial charge in [0.15, 0.2) is 0 Å². The maximum Gasteiger partial charge on any atom is 0.357 e. The molecular formula is C63H79N15O13. The first kappa shape index (κ1) is 68.4. The summed E-state index contributed by atoms with van der Waals surface area (Å²) in [6, 6.07) is 21.2. The molecule has 9 heterocycles. The lowest BCUT2D eigenvalue weighted by Crippen LogP contribution is -2.53. The van der Waals surface area contributed by atoms with Crippen molar-refractivity contribution >= 4 is 90.7 Å². The third kappa shape index (κ3) is 13.7. The molecule has 484 valence electrons. The van der Waals surface area contributed by atoms with E-state index in [1.165, 1.54) is 39.3 Å². The van der Waals surface area contributed by atoms with Crippen molar-refractivity contribution < 1.29 is 38.6 Å². The van der Waals surface area contributed by atoms with E-state index in [0.29, 0.717) is 136 Å². The van der Waals surface area contributed by atoms with Gasteiger partial charge in [-0.3, -0.25) is 58.8 Å². The highest BCUT2D eigenvalue weighted by Gasteiger charge is 2.37. The number of aromatic nitrogens is 5. The average molecular weight is 1250 g/mol. The molecule has 0 radical (unpaired) electrons. The average Bonchev–Trinajstić information content (AvgIpc) is 0.920. The van der Waals surface area contributed by atoms with E-state index >= 15 is 0 Å². The maximum atomic E-state index is 13.1. The van der Waals surface area contributed by atoms with E-state index in [-0.39, 0.29) is 64.1 Å². The molecule has 4 amide bonds. The van der Waals surface area contributed by atoms with Gasteiger partial charge in [-0.15, -0.1) is 0 Å². The van der Waals surface area contributed by atoms with Crippen LogP contribution in [0.4, 0.5) is 28.4 Å². The van der Waals surface area contributed by atoms with Gasteiger partial charge in [-0.1, -0.05) is 76.9 Å². The fourth-order valence-electron chi connectivity index (χ4n) is 12.2. The molecule has 0 spiro atoms. The van der Waals surface area contributed by atoms with Crippen molar-refractivity contribution in [1.82, 2.24) is 49.0 Å². The molecule has 0 bridgehead atoms. The number of esters is 1. The van der Waals surface area contributed by atoms with Gasteiger partial charge in [-0.25, -0.2) is 9.78 Å². The zero-order valence-electron chi connectivity index (χ0n) is 49.2. The molecule has 5 aliphatic heterocycles. The van der Waals surface area contributed by atoms with Gasteiger partial charge in [0.2, 0.25) is 17.7 Å². The number of ether oxygens (including phenoxy) is 1. The lowest BCUT2D eigenvalue weighted by molar-refractivity contribution is -0.385. The molecular weight excluding hydrogens is 1170 g/mol. The molecule has 5 fully saturated rings. The van der Waals surface area contributed by atoms with Crippen LogP contribution in [0.3, 0.4) is 0 Å². The monoisotopic (exact) mass is 1250 g/mol. The third-order valence-electron chi connectivity index (χ3n) is 16.8. The Morgan fingerprint density at radius 2 is 1.00 bits per heavy atom. The second-order valence-electron chi connectivity index (χ2n) is 21.8. The number of piperazine rings is 3. The number of benzene rings is 3. The minimum absolute atomic E-state index is 0. The van der Waals surface area contributed by atoms with E-state index in [1.54, 1.807) is 72.1 Å². The van der Waals surface area contributed by atoms with Gasteiger partial charge in [-0.2, -0.15) is 0 Å². The second kappa shape index (κ2) is 29.5. The van der Waals surface area contributed by atoms with Crippen LogP contribution in [0.2, 0.25) is 0 Å². The number of nitrogens with one attached hydrogen (secondary N) is 2. The standard InChI is InChI=1S/C22H23N5O4.C19H21N5O5.C19H23N5O4.3CH4/c1-3-31-22(30)18-19(15-6-4-5-7-17(15)25(2)21(18)29)26-10-12-27(13-11-26)20(28)16-14-23-8-9-24-16;1-21-14-5-3-2-4-12(14)16(17(19(21)27)24(28)29)22-8-10-23(11-9-22)18(26)13-6-7-15(25)20-13;1-21-15-7-3-2-5-13(15)16(17(19(21)26)24(27)28)22-9-11-23(12-10-22)18(25)14-6-4-8-20-14;;;/h4-9,14H,3,10-13H2,1-2H3;2-5,13H,6-11H2,1H3,(H,20,25);2-3,5,7,14,20H,4,6,8-12H2,1H3;3*1H4. The van der Waals surface area contributed by atoms with E-state index in [2.05, 4.69) is 20.6 Å². The number of carbonyl (C=O) groups excluding carboxylic acids is 5. The number of amides is 4. The number of fused-ring (bicyclic) bond motifs is 3. The largest absolute Gasteiger partial charge is 0.462 e. The second-order valence-corrected chi connectivity index (χ2v) is 21.8. The normalized spacial score (nSPS) is 17.1. The lowest BCUT2D eigenvalue weighted by Gasteiger charge is -2.37. The lowest BCUT2D eigenvalue weighted by atomic mass is 10.1. The molecule has 2 unspecified atom stereocenters. The Kier molecular flexibility index (Phi) is 22.1. The topological polar surface area (TPSA) is 316 Å². The number of anilines is 3. The molecule has 91 heavy (non-hydrogen) atoms. The Morgan fingerprint density at radius 1 is 0.571 bits per heavy atom. The number of nitro groups is 2. The van der Waals surface area contributed by atoms with Crippen molar-refractivity contribution in [3.8, 4) is 0 Å². The minimum atomic E-state index is -0.657. The first-order valence-corrected chi connectivity index (χ1v) is 29.1. The molecule has 3 aromatic carbocycles. The molecule has 12 rings (SSSR count). The summed E-state index contributed by atoms with van der Waals surface area (Å²) >= 11 is 0. The smallest absolute Gasteiger partial charge is 0.357 e. The quantitative estimate of drug-likeness (QED) is 0.107. The van der Waals surface area contributed by atoms with Crippen LogP contribution >= 0.6 is 0 Å². The minimum Gasteiger partial charge on any atom is -0.462 e. The highest BCUT2D eigenvalue weighted by molar-refractivity contribution is 6.06. The molecule has 4 aromatic heterocycles. The number of para-hydroxylation sites is 3. The Bertz CT molecular complexity index is 4070. The van der Waals surface area contributed by atoms with Crippen LogP contribution in [0.1, 0.15) is 75.7 Å². The van der Waals surface area contributed by atoms with Crippen LogP contribution in [0.25, 0.3) is 32.7 Å². The van der Waals surface area contributed by atoms with Gasteiger partial charge in [0.25, 0.3) is 11.5 Å². The Balaban J connectivity index is 0.000000191. The van der Waals surface area contributed by atoms with Crippen LogP contribution < -0.4 is 42.0 Å². The van der Waals surface area contributed by atoms with Crippen molar-refractivity contribution in [3.63, 3.8) is 0 Å². The number of pyridine rings is 3. The van der Waals surface area contributed by atoms with E-state index in [0.717, 1.165) is 30.3 Å². The molecule has 2 N–H and O–H groups in total. The summed E-state index contributed by atoms with van der Waals surface area (Å²) in [5.74, 6) is -0.974. The van der Waals surface area contributed by atoms with Crippen LogP contribution in [0.15, 0.2) is 106 Å². The number of hydrogen-bond donors (Lipinski definition) is 2. The summed E-state index contributed by atoms with van der Waals surface area (Å²) in [6.07, 6.45) is 7.14. The first-order chi connectivity index (χ1) is 42.4. The molecule has 28 heteroatoms. The van der Waals surface area contributed by atoms with Gasteiger partial charge >= 0.3 is 28.5 Å². The number of nitrogens with zero attached hydrogens (tertiary/aromatic N) is 13. The van der Waals surface area contributed by atoms with E-state index in [9.17, 15) is 58.6 Å². The van der Waals surface area contributed by atoms with Crippen molar-refractivity contribution in [3.05, 3.63) is 154 Å². The fraction of sp³-hybridized carbons (Fsp3) is 0.429. The van der Waals surface area contributed by atoms with Crippen molar-refractivity contribution in [2.45, 2.75) is 67.0 Å². The van der Waals surface area contributed by atoms with Crippen molar-refractivity contribution in [1.29, 1.82) is 0 Å². The SMILES string of the molecule is C.C.C.CCOC(=O)c1c(N2CCN(C(=O)c3cnccn3)CC2)c2ccccc2n(C)c1=O.Cn1c(=O)c([N+](=O)[O-])c(N2CCN(C(=O)C3CCC(=O)N3)CC2)c2ccccc21.Cn1c(=O)c([N+](=O)[O-])c(N2CCN(C(=O)C3CCCN3)CC2)c2ccccc21. The number of hydrogen-bond acceptors (Lipinski definition) is 19. The Morgan fingerprint density at radius 3 is 1.41 bits per heavy atom. The predicted octanol–water partition coefficient (Wildman–Crippen LogP) is 4.60. The van der Waals surface area contributed by atoms with E-state index < -0.39 is 49.9 Å². The number of rotatable bonds is 10. The number of carbonyl (C=O) groups is 5. The highest BCUT2D eigenvalue weighted by Crippen LogP contribution is 2.36. The van der Waals surface area contributed by atoms with E-state index in [1.807, 2.05) is 51.1 Å². The van der Waals surface area contributed by atoms with Gasteiger partial charge in [0.05, 0.1) is 50.9 Å². The van der Waals surface area contributed by atoms with Gasteiger partial charge in [0.1, 0.15) is 28.7 Å². The highest BCUT2D eigenvalue weighted by atomic mass is 16.6. The van der Waals surface area contributed by atoms with Crippen LogP contribution in [-0.2, 0) is 40.3 Å². The molecule has 5 aliphatic rings. The molecule has 28 nitrogen and oxygen atoms in total. The van der Waals surface area contributed by atoms with E-state index in [4.69, 9.17) is 4.74 Å². The van der Waals surface area contributed by atoms with Gasteiger partial charge in [0, 0.05) is 135 Å². The Hall–Kier alpha value is -10.1. The summed E-state index contributed by atoms with van der Waals surface area (Å²) in [5, 5.41) is 31.4. The van der Waals surface area contributed by atoms with Crippen LogP contribution in [0.5, 0.6) is 0 Å². The summed E-state index contributed by atoms with van der Waals surface area (Å²) in [6.45, 7) is 7.89. The summed E-state index contributed by atoms with van der Waals surface area (Å²) in [7, 11) is 4.72. The van der Waals surface area contributed by atoms with Crippen molar-refractivity contribution in [2.75, 3.05) is 106 Å². The Labute approximate surface area is 524 Å². The predicted molar refractivity (Wildman–Crippen MR) is 347 cm³/mol. The molecule has 2 atom stereocenters. The molecule has 5 saturated heterocycles. The van der Waals surface area contributed by atoms with Crippen LogP contribution in [0, 0.1) is 20.2 Å². The van der Waals surface area contributed by atoms with Gasteiger partial charge in [-0.05, 0) is 50.9 Å². The first-order valence-electron chi connectivity index (χ1n) is 29.1. The summed E-state index contributed by atoms with van der Waals surface area (Å²) in [5.41, 5.74) is 1.01. The van der Waals surface area contributed by atoms with Gasteiger partial charge < -0.3 is 58.5 Å². The molecule has 0 aliphatic carbocycles. The fourth-order valence-corrected chi connectivity index (χ4v) is 12.2. The molecule has 0 saturated carbocycles. The maximum absolute atomic E-state index is 13.1.